The van der Waals surface area contributed by atoms with Gasteiger partial charge in [-0.15, -0.1) is 0 Å². The van der Waals surface area contributed by atoms with Crippen molar-refractivity contribution in [1.82, 2.24) is 5.32 Å². The van der Waals surface area contributed by atoms with Crippen molar-refractivity contribution in [3.05, 3.63) is 29.8 Å². The summed E-state index contributed by atoms with van der Waals surface area (Å²) in [6.45, 7) is 3.48. The molecule has 1 aromatic rings. The van der Waals surface area contributed by atoms with Gasteiger partial charge in [0.2, 0.25) is 5.91 Å². The van der Waals surface area contributed by atoms with Gasteiger partial charge in [-0.1, -0.05) is 31.5 Å². The Kier molecular flexibility index (Phi) is 5.41. The van der Waals surface area contributed by atoms with Crippen LogP contribution in [0.1, 0.15) is 37.7 Å². The molecule has 0 aromatic heterocycles. The number of benzene rings is 1. The number of hydrogen-bond acceptors (Lipinski definition) is 3. The van der Waals surface area contributed by atoms with Crippen molar-refractivity contribution >= 4 is 5.91 Å². The molecule has 1 aliphatic rings. The van der Waals surface area contributed by atoms with E-state index in [9.17, 15) is 4.79 Å². The van der Waals surface area contributed by atoms with Crippen LogP contribution >= 0.6 is 0 Å². The third kappa shape index (κ3) is 3.51. The number of ether oxygens (including phenoxy) is 1. The summed E-state index contributed by atoms with van der Waals surface area (Å²) in [7, 11) is 0. The first kappa shape index (κ1) is 14.9. The molecule has 2 atom stereocenters. The summed E-state index contributed by atoms with van der Waals surface area (Å²) < 4.78 is 5.58. The minimum absolute atomic E-state index is 0.0668. The first-order valence-corrected chi connectivity index (χ1v) is 7.36. The Hall–Kier alpha value is -1.55. The number of carbonyl (C=O) groups excluding carboxylic acids is 1. The average Bonchev–Trinajstić information content (AvgIpc) is 2.50. The first-order chi connectivity index (χ1) is 9.76. The van der Waals surface area contributed by atoms with E-state index in [4.69, 9.17) is 9.84 Å². The van der Waals surface area contributed by atoms with Gasteiger partial charge in [-0.05, 0) is 24.8 Å². The first-order valence-electron chi connectivity index (χ1n) is 7.36. The molecule has 0 saturated carbocycles. The van der Waals surface area contributed by atoms with Gasteiger partial charge in [-0.25, -0.2) is 0 Å². The number of rotatable bonds is 6. The Labute approximate surface area is 120 Å². The van der Waals surface area contributed by atoms with Crippen molar-refractivity contribution in [1.29, 1.82) is 0 Å². The molecule has 0 bridgehead atoms. The minimum atomic E-state index is -0.119. The smallest absolute Gasteiger partial charge is 0.227 e. The zero-order valence-corrected chi connectivity index (χ0v) is 12.0. The van der Waals surface area contributed by atoms with Gasteiger partial charge in [0.05, 0.1) is 12.5 Å². The van der Waals surface area contributed by atoms with Crippen molar-refractivity contribution in [3.63, 3.8) is 0 Å². The molecule has 0 radical (unpaired) electrons. The van der Waals surface area contributed by atoms with Gasteiger partial charge in [0.25, 0.3) is 0 Å². The van der Waals surface area contributed by atoms with E-state index in [0.717, 1.165) is 30.6 Å². The lowest BCUT2D eigenvalue weighted by Crippen LogP contribution is -2.35. The molecule has 4 heteroatoms. The van der Waals surface area contributed by atoms with E-state index >= 15 is 0 Å². The molecule has 0 fully saturated rings. The lowest BCUT2D eigenvalue weighted by molar-refractivity contribution is -0.123. The fourth-order valence-corrected chi connectivity index (χ4v) is 2.62. The average molecular weight is 277 g/mol. The highest BCUT2D eigenvalue weighted by Crippen LogP contribution is 2.33. The number of nitrogens with one attached hydrogen (secondary N) is 1. The predicted octanol–water partition coefficient (Wildman–Crippen LogP) is 2.08. The zero-order valence-electron chi connectivity index (χ0n) is 12.0. The van der Waals surface area contributed by atoms with Crippen LogP contribution in [0.25, 0.3) is 0 Å². The molecule has 1 aliphatic heterocycles. The lowest BCUT2D eigenvalue weighted by atomic mass is 9.92. The monoisotopic (exact) mass is 277 g/mol. The second-order valence-corrected chi connectivity index (χ2v) is 5.26. The number of hydrogen-bond donors (Lipinski definition) is 2. The Balaban J connectivity index is 1.97. The molecule has 0 spiro atoms. The SMILES string of the molecule is CCC(CCO)CNC(=O)C1CCOc2ccccc21. The largest absolute Gasteiger partial charge is 0.493 e. The van der Waals surface area contributed by atoms with E-state index in [-0.39, 0.29) is 18.4 Å². The quantitative estimate of drug-likeness (QED) is 0.837. The summed E-state index contributed by atoms with van der Waals surface area (Å²) in [5, 5.41) is 12.0. The standard InChI is InChI=1S/C16H23NO3/c1-2-12(7-9-18)11-17-16(19)14-8-10-20-15-6-4-3-5-13(14)15/h3-6,12,14,18H,2,7-11H2,1H3,(H,17,19). The van der Waals surface area contributed by atoms with Crippen molar-refractivity contribution in [2.75, 3.05) is 19.8 Å². The van der Waals surface area contributed by atoms with Gasteiger partial charge in [-0.2, -0.15) is 0 Å². The summed E-state index contributed by atoms with van der Waals surface area (Å²) in [4.78, 5) is 12.4. The molecular formula is C16H23NO3. The van der Waals surface area contributed by atoms with Gasteiger partial charge in [0.15, 0.2) is 0 Å². The van der Waals surface area contributed by atoms with Crippen molar-refractivity contribution in [2.24, 2.45) is 5.92 Å². The summed E-state index contributed by atoms with van der Waals surface area (Å²) >= 11 is 0. The van der Waals surface area contributed by atoms with Crippen LogP contribution in [-0.2, 0) is 4.79 Å². The number of fused-ring (bicyclic) bond motifs is 1. The zero-order chi connectivity index (χ0) is 14.4. The molecule has 1 aromatic carbocycles. The van der Waals surface area contributed by atoms with Crippen LogP contribution in [0, 0.1) is 5.92 Å². The van der Waals surface area contributed by atoms with Crippen molar-refractivity contribution in [2.45, 2.75) is 32.1 Å². The fourth-order valence-electron chi connectivity index (χ4n) is 2.62. The molecule has 20 heavy (non-hydrogen) atoms. The second-order valence-electron chi connectivity index (χ2n) is 5.26. The van der Waals surface area contributed by atoms with Crippen LogP contribution in [0.4, 0.5) is 0 Å². The third-order valence-corrected chi connectivity index (χ3v) is 3.95. The van der Waals surface area contributed by atoms with Gasteiger partial charge in [0.1, 0.15) is 5.75 Å². The highest BCUT2D eigenvalue weighted by molar-refractivity contribution is 5.84. The van der Waals surface area contributed by atoms with Crippen LogP contribution in [-0.4, -0.2) is 30.8 Å². The van der Waals surface area contributed by atoms with Crippen LogP contribution in [0.3, 0.4) is 0 Å². The molecule has 1 amide bonds. The number of para-hydroxylation sites is 1. The number of aliphatic hydroxyl groups excluding tert-OH is 1. The van der Waals surface area contributed by atoms with E-state index in [1.807, 2.05) is 24.3 Å². The van der Waals surface area contributed by atoms with Gasteiger partial charge >= 0.3 is 0 Å². The van der Waals surface area contributed by atoms with Gasteiger partial charge in [-0.3, -0.25) is 4.79 Å². The maximum atomic E-state index is 12.4. The van der Waals surface area contributed by atoms with Gasteiger partial charge < -0.3 is 15.2 Å². The molecule has 0 aliphatic carbocycles. The van der Waals surface area contributed by atoms with E-state index in [2.05, 4.69) is 12.2 Å². The van der Waals surface area contributed by atoms with E-state index in [0.29, 0.717) is 19.1 Å². The highest BCUT2D eigenvalue weighted by Gasteiger charge is 2.27. The molecule has 2 unspecified atom stereocenters. The molecule has 2 N–H and O–H groups in total. The van der Waals surface area contributed by atoms with Crippen molar-refractivity contribution < 1.29 is 14.6 Å². The fraction of sp³-hybridized carbons (Fsp3) is 0.562. The van der Waals surface area contributed by atoms with Gasteiger partial charge in [0, 0.05) is 18.7 Å². The Morgan fingerprint density at radius 3 is 3.05 bits per heavy atom. The summed E-state index contributed by atoms with van der Waals surface area (Å²) in [6, 6.07) is 7.74. The normalized spacial score (nSPS) is 18.8. The highest BCUT2D eigenvalue weighted by atomic mass is 16.5. The predicted molar refractivity (Wildman–Crippen MR) is 77.8 cm³/mol. The second kappa shape index (κ2) is 7.29. The molecule has 2 rings (SSSR count). The Morgan fingerprint density at radius 2 is 2.30 bits per heavy atom. The summed E-state index contributed by atoms with van der Waals surface area (Å²) in [5.74, 6) is 1.11. The molecular weight excluding hydrogens is 254 g/mol. The molecule has 110 valence electrons. The Bertz CT molecular complexity index is 447. The van der Waals surface area contributed by atoms with Crippen LogP contribution in [0.5, 0.6) is 5.75 Å². The molecule has 1 heterocycles. The lowest BCUT2D eigenvalue weighted by Gasteiger charge is -2.25. The number of amides is 1. The van der Waals surface area contributed by atoms with Crippen LogP contribution < -0.4 is 10.1 Å². The molecule has 4 nitrogen and oxygen atoms in total. The van der Waals surface area contributed by atoms with E-state index in [1.54, 1.807) is 0 Å². The maximum Gasteiger partial charge on any atom is 0.227 e. The number of aliphatic hydroxyl groups is 1. The summed E-state index contributed by atoms with van der Waals surface area (Å²) in [5.41, 5.74) is 0.978. The van der Waals surface area contributed by atoms with E-state index in [1.165, 1.54) is 0 Å². The van der Waals surface area contributed by atoms with Crippen LogP contribution in [0.2, 0.25) is 0 Å². The van der Waals surface area contributed by atoms with Crippen LogP contribution in [0.15, 0.2) is 24.3 Å². The maximum absolute atomic E-state index is 12.4. The van der Waals surface area contributed by atoms with E-state index < -0.39 is 0 Å². The van der Waals surface area contributed by atoms with Crippen molar-refractivity contribution in [3.8, 4) is 5.75 Å². The minimum Gasteiger partial charge on any atom is -0.493 e. The third-order valence-electron chi connectivity index (χ3n) is 3.95. The number of carbonyl (C=O) groups is 1. The summed E-state index contributed by atoms with van der Waals surface area (Å²) in [6.07, 6.45) is 2.42. The topological polar surface area (TPSA) is 58.6 Å². The molecule has 0 saturated heterocycles. The Morgan fingerprint density at radius 1 is 1.50 bits per heavy atom.